The van der Waals surface area contributed by atoms with Gasteiger partial charge in [0, 0.05) is 12.1 Å². The Morgan fingerprint density at radius 2 is 1.63 bits per heavy atom. The van der Waals surface area contributed by atoms with E-state index in [1.54, 1.807) is 30.3 Å². The van der Waals surface area contributed by atoms with Gasteiger partial charge >= 0.3 is 0 Å². The quantitative estimate of drug-likeness (QED) is 0.290. The van der Waals surface area contributed by atoms with E-state index in [9.17, 15) is 18.0 Å². The number of anilines is 1. The molecule has 3 aromatic rings. The van der Waals surface area contributed by atoms with Gasteiger partial charge < -0.3 is 15.0 Å². The molecule has 0 fully saturated rings. The molecule has 41 heavy (non-hydrogen) atoms. The van der Waals surface area contributed by atoms with E-state index < -0.39 is 34.1 Å². The van der Waals surface area contributed by atoms with Crippen molar-refractivity contribution in [1.29, 1.82) is 0 Å². The van der Waals surface area contributed by atoms with Crippen LogP contribution >= 0.6 is 15.9 Å². The molecule has 2 amide bonds. The number of carbonyl (C=O) groups excluding carboxylic acids is 2. The molecule has 3 aromatic carbocycles. The predicted molar refractivity (Wildman–Crippen MR) is 165 cm³/mol. The number of carbonyl (C=O) groups is 2. The maximum absolute atomic E-state index is 14.1. The number of nitrogens with zero attached hydrogens (tertiary/aromatic N) is 2. The molecule has 0 saturated carbocycles. The van der Waals surface area contributed by atoms with Crippen LogP contribution in [-0.2, 0) is 26.2 Å². The first-order valence-corrected chi connectivity index (χ1v) is 15.6. The number of rotatable bonds is 11. The van der Waals surface area contributed by atoms with E-state index in [0.29, 0.717) is 22.3 Å². The van der Waals surface area contributed by atoms with Crippen LogP contribution < -0.4 is 14.4 Å². The summed E-state index contributed by atoms with van der Waals surface area (Å²) in [6.45, 7) is 9.00. The number of benzene rings is 3. The topological polar surface area (TPSA) is 96.0 Å². The zero-order valence-electron chi connectivity index (χ0n) is 24.3. The van der Waals surface area contributed by atoms with Gasteiger partial charge in [-0.25, -0.2) is 8.42 Å². The first kappa shape index (κ1) is 32.1. The van der Waals surface area contributed by atoms with Crippen LogP contribution in [0.2, 0.25) is 0 Å². The summed E-state index contributed by atoms with van der Waals surface area (Å²) >= 11 is 3.37. The van der Waals surface area contributed by atoms with Crippen LogP contribution in [0.1, 0.15) is 45.2 Å². The minimum atomic E-state index is -4.20. The number of ether oxygens (including phenoxy) is 1. The van der Waals surface area contributed by atoms with Crippen molar-refractivity contribution in [2.75, 3.05) is 18.0 Å². The van der Waals surface area contributed by atoms with Gasteiger partial charge in [0.25, 0.3) is 10.0 Å². The van der Waals surface area contributed by atoms with E-state index >= 15 is 0 Å². The molecule has 3 rings (SSSR count). The van der Waals surface area contributed by atoms with Gasteiger partial charge in [-0.1, -0.05) is 55.0 Å². The van der Waals surface area contributed by atoms with E-state index in [2.05, 4.69) is 21.2 Å². The van der Waals surface area contributed by atoms with Crippen molar-refractivity contribution < 1.29 is 22.7 Å². The minimum absolute atomic E-state index is 0.00863. The van der Waals surface area contributed by atoms with Crippen LogP contribution in [-0.4, -0.2) is 50.4 Å². The molecule has 0 aliphatic carbocycles. The molecule has 0 spiro atoms. The van der Waals surface area contributed by atoms with Crippen LogP contribution in [0.15, 0.2) is 82.2 Å². The number of halogens is 1. The number of nitrogens with one attached hydrogen (secondary N) is 1. The molecule has 0 bridgehead atoms. The average Bonchev–Trinajstić information content (AvgIpc) is 2.91. The van der Waals surface area contributed by atoms with E-state index in [-0.39, 0.29) is 17.3 Å². The van der Waals surface area contributed by atoms with Gasteiger partial charge in [-0.3, -0.25) is 13.9 Å². The number of hydrogen-bond donors (Lipinski definition) is 1. The van der Waals surface area contributed by atoms with Gasteiger partial charge in [-0.2, -0.15) is 0 Å². The lowest BCUT2D eigenvalue weighted by molar-refractivity contribution is -0.141. The maximum atomic E-state index is 14.1. The lowest BCUT2D eigenvalue weighted by atomic mass is 10.1. The first-order valence-electron chi connectivity index (χ1n) is 13.3. The molecule has 0 radical (unpaired) electrons. The summed E-state index contributed by atoms with van der Waals surface area (Å²) in [5, 5.41) is 2.97. The van der Waals surface area contributed by atoms with E-state index in [1.807, 2.05) is 65.0 Å². The summed E-state index contributed by atoms with van der Waals surface area (Å²) < 4.78 is 34.9. The summed E-state index contributed by atoms with van der Waals surface area (Å²) in [6, 6.07) is 19.9. The fourth-order valence-corrected chi connectivity index (χ4v) is 6.46. The highest BCUT2D eigenvalue weighted by molar-refractivity contribution is 9.10. The Morgan fingerprint density at radius 1 is 1.00 bits per heavy atom. The number of methoxy groups -OCH3 is 1. The third-order valence-electron chi connectivity index (χ3n) is 6.39. The van der Waals surface area contributed by atoms with E-state index in [1.165, 1.54) is 24.1 Å². The minimum Gasteiger partial charge on any atom is -0.496 e. The highest BCUT2D eigenvalue weighted by Crippen LogP contribution is 2.31. The maximum Gasteiger partial charge on any atom is 0.264 e. The number of hydrogen-bond acceptors (Lipinski definition) is 5. The molecule has 0 aliphatic heterocycles. The SMILES string of the molecule is CCC(C(=O)NC(C)(C)C)N(Cc1ccccc1)C(=O)CN(c1ccc(C)cc1)S(=O)(=O)c1ccc(OC)c(Br)c1. The lowest BCUT2D eigenvalue weighted by Gasteiger charge is -2.34. The Labute approximate surface area is 251 Å². The Bertz CT molecular complexity index is 1460. The monoisotopic (exact) mass is 643 g/mol. The molecule has 1 atom stereocenters. The molecule has 1 unspecified atom stereocenters. The second-order valence-electron chi connectivity index (χ2n) is 10.8. The van der Waals surface area contributed by atoms with Crippen molar-refractivity contribution in [1.82, 2.24) is 10.2 Å². The van der Waals surface area contributed by atoms with Crippen molar-refractivity contribution >= 4 is 43.5 Å². The largest absolute Gasteiger partial charge is 0.496 e. The zero-order chi connectivity index (χ0) is 30.4. The highest BCUT2D eigenvalue weighted by atomic mass is 79.9. The molecule has 1 N–H and O–H groups in total. The van der Waals surface area contributed by atoms with Gasteiger partial charge in [0.2, 0.25) is 11.8 Å². The predicted octanol–water partition coefficient (Wildman–Crippen LogP) is 5.68. The molecule has 0 aromatic heterocycles. The summed E-state index contributed by atoms with van der Waals surface area (Å²) in [6.07, 6.45) is 0.350. The Balaban J connectivity index is 2.08. The Kier molecular flexibility index (Phi) is 10.6. The van der Waals surface area contributed by atoms with Crippen molar-refractivity contribution in [3.05, 3.63) is 88.4 Å². The Hall–Kier alpha value is -3.37. The van der Waals surface area contributed by atoms with Crippen molar-refractivity contribution in [3.8, 4) is 5.75 Å². The first-order chi connectivity index (χ1) is 19.3. The smallest absolute Gasteiger partial charge is 0.264 e. The molecule has 0 aliphatic rings. The second-order valence-corrected chi connectivity index (χ2v) is 13.5. The van der Waals surface area contributed by atoms with E-state index in [4.69, 9.17) is 4.74 Å². The Morgan fingerprint density at radius 3 is 2.17 bits per heavy atom. The van der Waals surface area contributed by atoms with Crippen molar-refractivity contribution in [2.24, 2.45) is 0 Å². The summed E-state index contributed by atoms with van der Waals surface area (Å²) in [4.78, 5) is 29.0. The summed E-state index contributed by atoms with van der Waals surface area (Å²) in [7, 11) is -2.70. The summed E-state index contributed by atoms with van der Waals surface area (Å²) in [5.74, 6) is -0.318. The average molecular weight is 645 g/mol. The van der Waals surface area contributed by atoms with Gasteiger partial charge in [0.05, 0.1) is 22.2 Å². The van der Waals surface area contributed by atoms with Gasteiger partial charge in [-0.15, -0.1) is 0 Å². The van der Waals surface area contributed by atoms with Crippen molar-refractivity contribution in [3.63, 3.8) is 0 Å². The second kappa shape index (κ2) is 13.5. The van der Waals surface area contributed by atoms with Crippen LogP contribution in [0.5, 0.6) is 5.75 Å². The van der Waals surface area contributed by atoms with Crippen LogP contribution in [0.25, 0.3) is 0 Å². The zero-order valence-corrected chi connectivity index (χ0v) is 26.8. The fraction of sp³-hybridized carbons (Fsp3) is 0.355. The van der Waals surface area contributed by atoms with Crippen molar-refractivity contribution in [2.45, 2.75) is 64.1 Å². The van der Waals surface area contributed by atoms with Crippen LogP contribution in [0.4, 0.5) is 5.69 Å². The molecular formula is C31H38BrN3O5S. The molecule has 10 heteroatoms. The standard InChI is InChI=1S/C31H38BrN3O5S/c1-7-27(30(37)33-31(3,4)5)34(20-23-11-9-8-10-12-23)29(36)21-35(24-15-13-22(2)14-16-24)41(38,39)25-17-18-28(40-6)26(32)19-25/h8-19,27H,7,20-21H2,1-6H3,(H,33,37). The number of sulfonamides is 1. The van der Waals surface area contributed by atoms with Gasteiger partial charge in [0.15, 0.2) is 0 Å². The molecule has 8 nitrogen and oxygen atoms in total. The highest BCUT2D eigenvalue weighted by Gasteiger charge is 2.34. The van der Waals surface area contributed by atoms with Crippen LogP contribution in [0, 0.1) is 6.92 Å². The molecule has 0 heterocycles. The fourth-order valence-electron chi connectivity index (χ4n) is 4.33. The third-order valence-corrected chi connectivity index (χ3v) is 8.78. The number of amides is 2. The number of aryl methyl sites for hydroxylation is 1. The normalized spacial score (nSPS) is 12.4. The lowest BCUT2D eigenvalue weighted by Crippen LogP contribution is -2.55. The van der Waals surface area contributed by atoms with Gasteiger partial charge in [-0.05, 0) is 85.9 Å². The van der Waals surface area contributed by atoms with E-state index in [0.717, 1.165) is 15.4 Å². The van der Waals surface area contributed by atoms with Gasteiger partial charge in [0.1, 0.15) is 18.3 Å². The molecular weight excluding hydrogens is 606 g/mol. The molecule has 0 saturated heterocycles. The summed E-state index contributed by atoms with van der Waals surface area (Å²) in [5.41, 5.74) is 1.60. The van der Waals surface area contributed by atoms with Crippen LogP contribution in [0.3, 0.4) is 0 Å². The molecule has 220 valence electrons. The third kappa shape index (κ3) is 8.33.